The fourth-order valence-electron chi connectivity index (χ4n) is 5.20. The molecule has 0 spiro atoms. The molecular formula is C28H31N6O9S2+. The summed E-state index contributed by atoms with van der Waals surface area (Å²) in [5, 5.41) is 46.2. The summed E-state index contributed by atoms with van der Waals surface area (Å²) >= 11 is 2.30. The third-order valence-electron chi connectivity index (χ3n) is 7.61. The van der Waals surface area contributed by atoms with Gasteiger partial charge >= 0.3 is 11.9 Å². The zero-order valence-corrected chi connectivity index (χ0v) is 26.0. The van der Waals surface area contributed by atoms with Crippen LogP contribution in [0.3, 0.4) is 0 Å². The van der Waals surface area contributed by atoms with Crippen LogP contribution in [0.25, 0.3) is 0 Å². The van der Waals surface area contributed by atoms with Crippen molar-refractivity contribution in [2.45, 2.75) is 44.0 Å². The number of likely N-dealkylation sites (N-methyl/N-ethyl adjacent to an activating group) is 1. The highest BCUT2D eigenvalue weighted by Gasteiger charge is 2.54. The standard InChI is InChI=1S/C28H30N6O9S2/c1-28(2,26(41)42)43-32-19(16-12-45-27(29)30-16)22(37)31-20-23(38)33-21(25(39)40)13(11-44-24(20)33)5-4-6-34(3)9-14-7-17(35)18(36)8-15(14)10-34/h4-5,7-8,12,20,24H,6,9-11H2,1-3H3,(H6-,29,30,31,32,35,36,37,39,40,41,42)/p+1/b5-4+/t20?,24-/m1/s1. The van der Waals surface area contributed by atoms with Crippen LogP contribution in [0.2, 0.25) is 0 Å². The first-order valence-corrected chi connectivity index (χ1v) is 15.5. The molecule has 5 rings (SSSR count). The number of hydrogen-bond acceptors (Lipinski definition) is 12. The number of anilines is 1. The number of carboxylic acids is 2. The van der Waals surface area contributed by atoms with Crippen LogP contribution in [-0.2, 0) is 37.1 Å². The average molecular weight is 660 g/mol. The second kappa shape index (κ2) is 11.7. The molecule has 0 aliphatic carbocycles. The number of allylic oxidation sites excluding steroid dienone is 1. The number of aromatic hydroxyl groups is 2. The molecule has 2 amide bonds. The Labute approximate surface area is 264 Å². The van der Waals surface area contributed by atoms with E-state index in [1.54, 1.807) is 18.2 Å². The molecule has 238 valence electrons. The molecule has 1 aromatic heterocycles. The van der Waals surface area contributed by atoms with Gasteiger partial charge in [0, 0.05) is 22.3 Å². The number of aliphatic carboxylic acids is 2. The normalized spacial score (nSPS) is 20.9. The number of phenolic OH excluding ortho intramolecular Hbond substituents is 2. The van der Waals surface area contributed by atoms with E-state index in [1.165, 1.54) is 31.0 Å². The number of rotatable bonds is 10. The molecule has 2 aromatic rings. The number of nitrogen functional groups attached to an aromatic ring is 1. The fraction of sp³-hybridized carbons (Fsp3) is 0.357. The van der Waals surface area contributed by atoms with E-state index in [4.69, 9.17) is 10.6 Å². The summed E-state index contributed by atoms with van der Waals surface area (Å²) in [6.45, 7) is 4.23. The summed E-state index contributed by atoms with van der Waals surface area (Å²) < 4.78 is 0.540. The van der Waals surface area contributed by atoms with E-state index >= 15 is 0 Å². The van der Waals surface area contributed by atoms with Crippen LogP contribution in [0, 0.1) is 0 Å². The van der Waals surface area contributed by atoms with E-state index in [0.717, 1.165) is 27.4 Å². The SMILES string of the molecule is CC(C)(O/N=C(\C(=O)NC1C(=O)N2C(C(=O)O)=C(/C=C/C[N+]3(C)Cc4cc(O)c(O)cc4C3)CS[C@H]12)c1csc(N)n1)C(=O)O. The number of nitrogens with zero attached hydrogens (tertiary/aromatic N) is 4. The highest BCUT2D eigenvalue weighted by atomic mass is 32.2. The van der Waals surface area contributed by atoms with Gasteiger partial charge in [0.15, 0.2) is 22.3 Å². The molecule has 0 radical (unpaired) electrons. The molecule has 0 bridgehead atoms. The van der Waals surface area contributed by atoms with Gasteiger partial charge in [-0.15, -0.1) is 23.1 Å². The topological polar surface area (TPSA) is 225 Å². The number of thiazole rings is 1. The van der Waals surface area contributed by atoms with Crippen molar-refractivity contribution in [3.05, 3.63) is 57.8 Å². The van der Waals surface area contributed by atoms with Crippen molar-refractivity contribution in [3.63, 3.8) is 0 Å². The molecular weight excluding hydrogens is 628 g/mol. The number of fused-ring (bicyclic) bond motifs is 2. The van der Waals surface area contributed by atoms with Gasteiger partial charge in [-0.3, -0.25) is 14.5 Å². The Kier molecular flexibility index (Phi) is 8.28. The number of benzene rings is 1. The molecule has 0 saturated carbocycles. The van der Waals surface area contributed by atoms with Crippen LogP contribution in [0.1, 0.15) is 30.7 Å². The van der Waals surface area contributed by atoms with Gasteiger partial charge in [0.1, 0.15) is 35.9 Å². The molecule has 3 aliphatic rings. The molecule has 3 aliphatic heterocycles. The zero-order valence-electron chi connectivity index (χ0n) is 24.4. The molecule has 17 heteroatoms. The number of carbonyl (C=O) groups excluding carboxylic acids is 2. The van der Waals surface area contributed by atoms with Gasteiger partial charge in [0.25, 0.3) is 11.8 Å². The van der Waals surface area contributed by atoms with E-state index in [-0.39, 0.29) is 33.8 Å². The third-order valence-corrected chi connectivity index (χ3v) is 9.59. The number of hydrogen-bond donors (Lipinski definition) is 6. The number of thioether (sulfide) groups is 1. The zero-order chi connectivity index (χ0) is 32.8. The van der Waals surface area contributed by atoms with Crippen LogP contribution in [0.5, 0.6) is 11.5 Å². The molecule has 7 N–H and O–H groups in total. The molecule has 1 saturated heterocycles. The van der Waals surface area contributed by atoms with Gasteiger partial charge in [0.05, 0.1) is 13.6 Å². The number of quaternary nitrogens is 1. The van der Waals surface area contributed by atoms with Crippen LogP contribution in [-0.4, -0.2) is 101 Å². The number of β-lactam (4-membered cyclic amide) rings is 1. The van der Waals surface area contributed by atoms with Crippen molar-refractivity contribution >= 4 is 57.7 Å². The largest absolute Gasteiger partial charge is 0.504 e. The minimum absolute atomic E-state index is 0.0146. The van der Waals surface area contributed by atoms with Crippen molar-refractivity contribution < 1.29 is 48.9 Å². The van der Waals surface area contributed by atoms with Crippen molar-refractivity contribution in [1.82, 2.24) is 15.2 Å². The number of nitrogens with one attached hydrogen (secondary N) is 1. The Morgan fingerprint density at radius 3 is 2.42 bits per heavy atom. The van der Waals surface area contributed by atoms with Crippen LogP contribution >= 0.6 is 23.1 Å². The maximum absolute atomic E-state index is 13.3. The van der Waals surface area contributed by atoms with E-state index < -0.39 is 46.5 Å². The molecule has 1 fully saturated rings. The van der Waals surface area contributed by atoms with E-state index in [0.29, 0.717) is 29.7 Å². The maximum Gasteiger partial charge on any atom is 0.352 e. The Hall–Kier alpha value is -4.61. The van der Waals surface area contributed by atoms with Gasteiger partial charge in [-0.25, -0.2) is 14.6 Å². The molecule has 15 nitrogen and oxygen atoms in total. The van der Waals surface area contributed by atoms with Gasteiger partial charge < -0.3 is 40.8 Å². The van der Waals surface area contributed by atoms with Crippen LogP contribution < -0.4 is 11.1 Å². The Balaban J connectivity index is 1.30. The molecule has 2 atom stereocenters. The Bertz CT molecular complexity index is 1670. The first-order valence-electron chi connectivity index (χ1n) is 13.6. The van der Waals surface area contributed by atoms with Crippen molar-refractivity contribution in [2.75, 3.05) is 25.1 Å². The van der Waals surface area contributed by atoms with Crippen molar-refractivity contribution in [2.24, 2.45) is 5.16 Å². The number of phenols is 2. The quantitative estimate of drug-likeness (QED) is 0.0695. The average Bonchev–Trinajstić information content (AvgIpc) is 3.53. The number of amides is 2. The van der Waals surface area contributed by atoms with E-state index in [1.807, 2.05) is 13.1 Å². The number of aromatic nitrogens is 1. The maximum atomic E-state index is 13.3. The second-order valence-corrected chi connectivity index (χ2v) is 13.6. The summed E-state index contributed by atoms with van der Waals surface area (Å²) in [4.78, 5) is 60.5. The minimum atomic E-state index is -1.77. The lowest BCUT2D eigenvalue weighted by Gasteiger charge is -2.49. The fourth-order valence-corrected chi connectivity index (χ4v) is 7.06. The second-order valence-electron chi connectivity index (χ2n) is 11.6. The summed E-state index contributed by atoms with van der Waals surface area (Å²) in [7, 11) is 2.01. The smallest absolute Gasteiger partial charge is 0.352 e. The number of oxime groups is 1. The first kappa shape index (κ1) is 31.8. The molecule has 45 heavy (non-hydrogen) atoms. The predicted molar refractivity (Wildman–Crippen MR) is 163 cm³/mol. The summed E-state index contributed by atoms with van der Waals surface area (Å²) in [6, 6.07) is 2.02. The van der Waals surface area contributed by atoms with Gasteiger partial charge in [-0.05, 0) is 37.6 Å². The lowest BCUT2D eigenvalue weighted by molar-refractivity contribution is -0.923. The van der Waals surface area contributed by atoms with Crippen LogP contribution in [0.15, 0.2) is 46.1 Å². The molecule has 4 heterocycles. The molecule has 1 unspecified atom stereocenters. The highest BCUT2D eigenvalue weighted by molar-refractivity contribution is 8.00. The van der Waals surface area contributed by atoms with Crippen LogP contribution in [0.4, 0.5) is 5.13 Å². The van der Waals surface area contributed by atoms with E-state index in [2.05, 4.69) is 15.5 Å². The van der Waals surface area contributed by atoms with Crippen molar-refractivity contribution in [3.8, 4) is 11.5 Å². The Morgan fingerprint density at radius 1 is 1.22 bits per heavy atom. The molecule has 1 aromatic carbocycles. The first-order chi connectivity index (χ1) is 21.1. The van der Waals surface area contributed by atoms with Gasteiger partial charge in [-0.2, -0.15) is 0 Å². The highest BCUT2D eigenvalue weighted by Crippen LogP contribution is 2.41. The minimum Gasteiger partial charge on any atom is -0.504 e. The number of carbonyl (C=O) groups is 4. The van der Waals surface area contributed by atoms with Crippen molar-refractivity contribution in [1.29, 1.82) is 0 Å². The lowest BCUT2D eigenvalue weighted by atomic mass is 10.0. The monoisotopic (exact) mass is 659 g/mol. The van der Waals surface area contributed by atoms with Gasteiger partial charge in [0.2, 0.25) is 5.60 Å². The van der Waals surface area contributed by atoms with E-state index in [9.17, 15) is 39.6 Å². The van der Waals surface area contributed by atoms with Gasteiger partial charge in [-0.1, -0.05) is 11.2 Å². The predicted octanol–water partition coefficient (Wildman–Crippen LogP) is 1.18. The lowest BCUT2D eigenvalue weighted by Crippen LogP contribution is -2.71. The summed E-state index contributed by atoms with van der Waals surface area (Å²) in [5.74, 6) is -4.23. The summed E-state index contributed by atoms with van der Waals surface area (Å²) in [5.41, 5.74) is 5.64. The summed E-state index contributed by atoms with van der Waals surface area (Å²) in [6.07, 6.45) is 3.53. The Morgan fingerprint density at radius 2 is 1.87 bits per heavy atom. The number of nitrogens with two attached hydrogens (primary N) is 1. The third kappa shape index (κ3) is 6.18. The number of carboxylic acid groups (broad SMARTS) is 2.